The van der Waals surface area contributed by atoms with Crippen molar-refractivity contribution in [3.63, 3.8) is 0 Å². The Labute approximate surface area is 221 Å². The standard InChI is InChI=1S/C31H45NO5/c1-17(16-32-19(3)33)13-25-27(35)18(2)28-30(6)12-10-24-23(26(30)15-31(25,28)36)8-7-21-14-22(37-20(4)34)9-11-29(21,24)5/h7,17,22-26,36H,8-16H2,1-6H3,(H,32,33)/t17-,22+,23-,24-,25-,26-,29+,30+,31+/m1/s1. The minimum absolute atomic E-state index is 0.00663. The van der Waals surface area contributed by atoms with Crippen molar-refractivity contribution < 1.29 is 24.2 Å². The lowest BCUT2D eigenvalue weighted by molar-refractivity contribution is -0.148. The molecule has 0 aliphatic heterocycles. The van der Waals surface area contributed by atoms with Crippen molar-refractivity contribution in [2.24, 2.45) is 40.4 Å². The van der Waals surface area contributed by atoms with E-state index in [0.29, 0.717) is 37.1 Å². The van der Waals surface area contributed by atoms with Crippen LogP contribution in [0.5, 0.6) is 0 Å². The normalized spacial score (nSPS) is 43.3. The second kappa shape index (κ2) is 9.07. The lowest BCUT2D eigenvalue weighted by Crippen LogP contribution is -2.49. The number of nitrogens with one attached hydrogen (secondary N) is 1. The largest absolute Gasteiger partial charge is 0.462 e. The Morgan fingerprint density at radius 1 is 1.16 bits per heavy atom. The van der Waals surface area contributed by atoms with Gasteiger partial charge in [0.25, 0.3) is 0 Å². The highest BCUT2D eigenvalue weighted by Crippen LogP contribution is 2.71. The van der Waals surface area contributed by atoms with E-state index in [1.54, 1.807) is 0 Å². The van der Waals surface area contributed by atoms with Gasteiger partial charge in [-0.2, -0.15) is 0 Å². The summed E-state index contributed by atoms with van der Waals surface area (Å²) < 4.78 is 5.59. The molecule has 6 nitrogen and oxygen atoms in total. The molecular weight excluding hydrogens is 466 g/mol. The maximum absolute atomic E-state index is 13.5. The Hall–Kier alpha value is -1.95. The third-order valence-corrected chi connectivity index (χ3v) is 11.3. The second-order valence-corrected chi connectivity index (χ2v) is 13.5. The molecule has 0 aromatic carbocycles. The summed E-state index contributed by atoms with van der Waals surface area (Å²) in [4.78, 5) is 36.5. The Bertz CT molecular complexity index is 1080. The number of ketones is 1. The van der Waals surface area contributed by atoms with Crippen molar-refractivity contribution in [3.05, 3.63) is 22.8 Å². The molecule has 0 heterocycles. The van der Waals surface area contributed by atoms with E-state index in [2.05, 4.69) is 32.2 Å². The lowest BCUT2D eigenvalue weighted by Gasteiger charge is -2.57. The molecular formula is C31H45NO5. The molecule has 0 bridgehead atoms. The van der Waals surface area contributed by atoms with Crippen LogP contribution in [0.15, 0.2) is 22.8 Å². The fourth-order valence-corrected chi connectivity index (χ4v) is 9.68. The number of allylic oxidation sites excluding steroid dienone is 2. The number of carbonyl (C=O) groups excluding carboxylic acids is 3. The van der Waals surface area contributed by atoms with Crippen LogP contribution in [0.2, 0.25) is 0 Å². The fourth-order valence-electron chi connectivity index (χ4n) is 9.68. The molecule has 3 saturated carbocycles. The second-order valence-electron chi connectivity index (χ2n) is 13.5. The van der Waals surface area contributed by atoms with Crippen molar-refractivity contribution in [1.82, 2.24) is 5.32 Å². The quantitative estimate of drug-likeness (QED) is 0.405. The molecule has 5 rings (SSSR count). The summed E-state index contributed by atoms with van der Waals surface area (Å²) in [6.45, 7) is 12.3. The number of hydrogen-bond donors (Lipinski definition) is 2. The number of ether oxygens (including phenoxy) is 1. The van der Waals surface area contributed by atoms with E-state index in [9.17, 15) is 19.5 Å². The number of esters is 1. The van der Waals surface area contributed by atoms with Gasteiger partial charge in [-0.25, -0.2) is 0 Å². The van der Waals surface area contributed by atoms with Crippen molar-refractivity contribution in [2.45, 2.75) is 105 Å². The van der Waals surface area contributed by atoms with Gasteiger partial charge in [0, 0.05) is 26.8 Å². The molecule has 2 N–H and O–H groups in total. The minimum atomic E-state index is -1.07. The van der Waals surface area contributed by atoms with E-state index in [1.165, 1.54) is 19.4 Å². The van der Waals surface area contributed by atoms with E-state index in [-0.39, 0.29) is 40.5 Å². The summed E-state index contributed by atoms with van der Waals surface area (Å²) in [7, 11) is 0. The van der Waals surface area contributed by atoms with E-state index < -0.39 is 11.5 Å². The average molecular weight is 512 g/mol. The van der Waals surface area contributed by atoms with Gasteiger partial charge in [0.2, 0.25) is 5.91 Å². The van der Waals surface area contributed by atoms with Crippen LogP contribution in [0.1, 0.15) is 92.9 Å². The molecule has 0 radical (unpaired) electrons. The van der Waals surface area contributed by atoms with Gasteiger partial charge in [0.15, 0.2) is 5.78 Å². The van der Waals surface area contributed by atoms with Crippen LogP contribution in [-0.2, 0) is 19.1 Å². The number of aliphatic hydroxyl groups is 1. The van der Waals surface area contributed by atoms with E-state index >= 15 is 0 Å². The SMILES string of the molecule is CC(=O)NC[C@H](C)C[C@@H]1C(=O)C(C)=C2[C@]1(O)C[C@@H]1[C@@H]3CC=C4C[C@@H](OC(C)=O)CC[C@]4(C)[C@@H]3CC[C@]21C. The van der Waals surface area contributed by atoms with Crippen LogP contribution in [0, 0.1) is 40.4 Å². The van der Waals surface area contributed by atoms with Crippen LogP contribution in [-0.4, -0.2) is 41.0 Å². The maximum atomic E-state index is 13.5. The highest BCUT2D eigenvalue weighted by Gasteiger charge is 2.68. The average Bonchev–Trinajstić information content (AvgIpc) is 3.17. The minimum Gasteiger partial charge on any atom is -0.462 e. The molecule has 3 fully saturated rings. The van der Waals surface area contributed by atoms with Gasteiger partial charge in [0.05, 0.1) is 11.5 Å². The Morgan fingerprint density at radius 3 is 2.54 bits per heavy atom. The van der Waals surface area contributed by atoms with Crippen molar-refractivity contribution in [1.29, 1.82) is 0 Å². The zero-order chi connectivity index (χ0) is 26.9. The van der Waals surface area contributed by atoms with E-state index in [1.807, 2.05) is 6.92 Å². The zero-order valence-corrected chi connectivity index (χ0v) is 23.5. The molecule has 6 heteroatoms. The number of carbonyl (C=O) groups is 3. The predicted octanol–water partition coefficient (Wildman–Crippen LogP) is 4.90. The number of Topliss-reactive ketones (excluding diaryl/α,β-unsaturated/α-hetero) is 1. The topological polar surface area (TPSA) is 92.7 Å². The summed E-state index contributed by atoms with van der Waals surface area (Å²) in [5.74, 6) is 0.935. The summed E-state index contributed by atoms with van der Waals surface area (Å²) >= 11 is 0. The van der Waals surface area contributed by atoms with Crippen molar-refractivity contribution in [2.75, 3.05) is 6.54 Å². The van der Waals surface area contributed by atoms with E-state index in [4.69, 9.17) is 4.74 Å². The third kappa shape index (κ3) is 4.04. The number of hydrogen-bond acceptors (Lipinski definition) is 5. The molecule has 37 heavy (non-hydrogen) atoms. The maximum Gasteiger partial charge on any atom is 0.302 e. The summed E-state index contributed by atoms with van der Waals surface area (Å²) in [5.41, 5.74) is 2.18. The van der Waals surface area contributed by atoms with Gasteiger partial charge in [-0.05, 0) is 97.5 Å². The third-order valence-electron chi connectivity index (χ3n) is 11.3. The van der Waals surface area contributed by atoms with Crippen LogP contribution < -0.4 is 5.32 Å². The molecule has 1 amide bonds. The highest BCUT2D eigenvalue weighted by molar-refractivity contribution is 6.02. The molecule has 0 spiro atoms. The Balaban J connectivity index is 1.42. The number of fused-ring (bicyclic) bond motifs is 7. The number of amides is 1. The first-order chi connectivity index (χ1) is 17.3. The zero-order valence-electron chi connectivity index (χ0n) is 23.5. The number of rotatable bonds is 5. The van der Waals surface area contributed by atoms with Crippen molar-refractivity contribution in [3.8, 4) is 0 Å². The molecule has 5 aliphatic rings. The predicted molar refractivity (Wildman–Crippen MR) is 141 cm³/mol. The molecule has 9 atom stereocenters. The van der Waals surface area contributed by atoms with Crippen LogP contribution >= 0.6 is 0 Å². The van der Waals surface area contributed by atoms with Gasteiger partial charge in [-0.15, -0.1) is 0 Å². The molecule has 0 aromatic rings. The van der Waals surface area contributed by atoms with Gasteiger partial charge < -0.3 is 15.2 Å². The first-order valence-corrected chi connectivity index (χ1v) is 14.4. The van der Waals surface area contributed by atoms with Crippen molar-refractivity contribution >= 4 is 17.7 Å². The molecule has 0 unspecified atom stereocenters. The Kier molecular flexibility index (Phi) is 6.53. The van der Waals surface area contributed by atoms with E-state index in [0.717, 1.165) is 49.7 Å². The highest BCUT2D eigenvalue weighted by atomic mass is 16.5. The summed E-state index contributed by atoms with van der Waals surface area (Å²) in [6, 6.07) is 0. The molecule has 5 aliphatic carbocycles. The fraction of sp³-hybridized carbons (Fsp3) is 0.774. The smallest absolute Gasteiger partial charge is 0.302 e. The monoisotopic (exact) mass is 511 g/mol. The summed E-state index contributed by atoms with van der Waals surface area (Å²) in [6.07, 6.45) is 9.58. The molecule has 0 saturated heterocycles. The lowest BCUT2D eigenvalue weighted by atomic mass is 9.47. The first kappa shape index (κ1) is 26.6. The van der Waals surface area contributed by atoms with Gasteiger partial charge >= 0.3 is 5.97 Å². The van der Waals surface area contributed by atoms with Crippen LogP contribution in [0.25, 0.3) is 0 Å². The van der Waals surface area contributed by atoms with Gasteiger partial charge in [-0.3, -0.25) is 14.4 Å². The van der Waals surface area contributed by atoms with Gasteiger partial charge in [0.1, 0.15) is 6.10 Å². The Morgan fingerprint density at radius 2 is 1.86 bits per heavy atom. The first-order valence-electron chi connectivity index (χ1n) is 14.4. The summed E-state index contributed by atoms with van der Waals surface area (Å²) in [5, 5.41) is 15.2. The van der Waals surface area contributed by atoms with Crippen LogP contribution in [0.3, 0.4) is 0 Å². The molecule has 204 valence electrons. The van der Waals surface area contributed by atoms with Gasteiger partial charge in [-0.1, -0.05) is 32.4 Å². The molecule has 0 aromatic heterocycles. The van der Waals surface area contributed by atoms with Crippen LogP contribution in [0.4, 0.5) is 0 Å².